The number of hydrogen-bond donors (Lipinski definition) is 4. The van der Waals surface area contributed by atoms with E-state index in [9.17, 15) is 15.3 Å². The summed E-state index contributed by atoms with van der Waals surface area (Å²) in [7, 11) is 0. The first kappa shape index (κ1) is 11.9. The van der Waals surface area contributed by atoms with Crippen LogP contribution >= 0.6 is 0 Å². The molecule has 1 saturated heterocycles. The van der Waals surface area contributed by atoms with Crippen molar-refractivity contribution in [3.05, 3.63) is 0 Å². The van der Waals surface area contributed by atoms with Crippen LogP contribution in [0.2, 0.25) is 0 Å². The van der Waals surface area contributed by atoms with Gasteiger partial charge < -0.3 is 25.2 Å². The summed E-state index contributed by atoms with van der Waals surface area (Å²) in [5.74, 6) is 0. The minimum absolute atomic E-state index is 0.245. The van der Waals surface area contributed by atoms with E-state index in [-0.39, 0.29) is 6.42 Å². The molecular formula is C9H18O5. The van der Waals surface area contributed by atoms with Gasteiger partial charge in [0.2, 0.25) is 0 Å². The lowest BCUT2D eigenvalue weighted by atomic mass is 9.93. The molecule has 0 spiro atoms. The summed E-state index contributed by atoms with van der Waals surface area (Å²) in [6.07, 6.45) is -4.94. The third kappa shape index (κ3) is 2.43. The Balaban J connectivity index is 2.60. The Hall–Kier alpha value is -0.200. The summed E-state index contributed by atoms with van der Waals surface area (Å²) in [5.41, 5.74) is 0. The number of ether oxygens (including phenoxy) is 1. The summed E-state index contributed by atoms with van der Waals surface area (Å²) in [5, 5.41) is 37.5. The van der Waals surface area contributed by atoms with E-state index in [1.54, 1.807) is 13.8 Å². The summed E-state index contributed by atoms with van der Waals surface area (Å²) >= 11 is 0. The minimum Gasteiger partial charge on any atom is -0.393 e. The van der Waals surface area contributed by atoms with Crippen molar-refractivity contribution < 1.29 is 25.2 Å². The van der Waals surface area contributed by atoms with E-state index in [1.165, 1.54) is 0 Å². The maximum atomic E-state index is 9.53. The maximum Gasteiger partial charge on any atom is 0.111 e. The van der Waals surface area contributed by atoms with Crippen molar-refractivity contribution in [1.82, 2.24) is 0 Å². The molecule has 0 aromatic rings. The number of aliphatic hydroxyl groups is 4. The molecule has 1 unspecified atom stereocenters. The SMILES string of the molecule is CC(O)C[C@H]1O[C@H](C)[C@@H](O)[C@@H](O)[C@@H]1O. The van der Waals surface area contributed by atoms with Crippen molar-refractivity contribution in [3.63, 3.8) is 0 Å². The Morgan fingerprint density at radius 3 is 2.21 bits per heavy atom. The van der Waals surface area contributed by atoms with Gasteiger partial charge in [-0.25, -0.2) is 0 Å². The van der Waals surface area contributed by atoms with Crippen molar-refractivity contribution in [2.45, 2.75) is 56.9 Å². The number of rotatable bonds is 2. The third-order valence-electron chi connectivity index (χ3n) is 2.52. The van der Waals surface area contributed by atoms with Gasteiger partial charge in [-0.2, -0.15) is 0 Å². The molecular weight excluding hydrogens is 188 g/mol. The second-order valence-electron chi connectivity index (χ2n) is 3.94. The Morgan fingerprint density at radius 2 is 1.71 bits per heavy atom. The van der Waals surface area contributed by atoms with E-state index in [0.29, 0.717) is 0 Å². The van der Waals surface area contributed by atoms with Gasteiger partial charge in [0.1, 0.15) is 18.3 Å². The van der Waals surface area contributed by atoms with E-state index in [2.05, 4.69) is 0 Å². The van der Waals surface area contributed by atoms with Crippen LogP contribution in [0.4, 0.5) is 0 Å². The van der Waals surface area contributed by atoms with Crippen molar-refractivity contribution in [1.29, 1.82) is 0 Å². The predicted molar refractivity (Wildman–Crippen MR) is 48.7 cm³/mol. The van der Waals surface area contributed by atoms with Crippen molar-refractivity contribution in [3.8, 4) is 0 Å². The van der Waals surface area contributed by atoms with Crippen LogP contribution < -0.4 is 0 Å². The van der Waals surface area contributed by atoms with Crippen molar-refractivity contribution in [2.24, 2.45) is 0 Å². The molecule has 1 rings (SSSR count). The lowest BCUT2D eigenvalue weighted by Gasteiger charge is -2.39. The molecule has 0 aliphatic carbocycles. The smallest absolute Gasteiger partial charge is 0.111 e. The van der Waals surface area contributed by atoms with Crippen LogP contribution in [-0.2, 0) is 4.74 Å². The van der Waals surface area contributed by atoms with Crippen molar-refractivity contribution >= 4 is 0 Å². The zero-order valence-corrected chi connectivity index (χ0v) is 8.37. The molecule has 4 N–H and O–H groups in total. The predicted octanol–water partition coefficient (Wildman–Crippen LogP) is -1.37. The van der Waals surface area contributed by atoms with Crippen LogP contribution in [0.25, 0.3) is 0 Å². The summed E-state index contributed by atoms with van der Waals surface area (Å²) in [4.78, 5) is 0. The van der Waals surface area contributed by atoms with Gasteiger partial charge in [0, 0.05) is 6.42 Å². The van der Waals surface area contributed by atoms with E-state index in [1.807, 2.05) is 0 Å². The van der Waals surface area contributed by atoms with E-state index in [4.69, 9.17) is 9.84 Å². The summed E-state index contributed by atoms with van der Waals surface area (Å²) in [6, 6.07) is 0. The number of hydrogen-bond acceptors (Lipinski definition) is 5. The lowest BCUT2D eigenvalue weighted by molar-refractivity contribution is -0.222. The molecule has 1 fully saturated rings. The first-order valence-electron chi connectivity index (χ1n) is 4.81. The highest BCUT2D eigenvalue weighted by atomic mass is 16.5. The molecule has 1 aliphatic rings. The summed E-state index contributed by atoms with van der Waals surface area (Å²) < 4.78 is 5.27. The van der Waals surface area contributed by atoms with Gasteiger partial charge in [0.25, 0.3) is 0 Å². The molecule has 6 atom stereocenters. The molecule has 1 aliphatic heterocycles. The molecule has 84 valence electrons. The van der Waals surface area contributed by atoms with Gasteiger partial charge in [-0.3, -0.25) is 0 Å². The fourth-order valence-corrected chi connectivity index (χ4v) is 1.67. The molecule has 14 heavy (non-hydrogen) atoms. The Bertz CT molecular complexity index is 184. The first-order valence-corrected chi connectivity index (χ1v) is 4.81. The standard InChI is InChI=1S/C9H18O5/c1-4(10)3-6-8(12)9(13)7(11)5(2)14-6/h4-13H,3H2,1-2H3/t4?,5-,6-,7-,8-,9-/m1/s1. The highest BCUT2D eigenvalue weighted by Gasteiger charge is 2.41. The lowest BCUT2D eigenvalue weighted by Crippen LogP contribution is -2.57. The normalized spacial score (nSPS) is 46.3. The monoisotopic (exact) mass is 206 g/mol. The van der Waals surface area contributed by atoms with E-state index in [0.717, 1.165) is 0 Å². The Labute approximate surface area is 82.9 Å². The van der Waals surface area contributed by atoms with Gasteiger partial charge in [0.15, 0.2) is 0 Å². The Kier molecular flexibility index (Phi) is 3.86. The minimum atomic E-state index is -1.21. The zero-order valence-electron chi connectivity index (χ0n) is 8.37. The Morgan fingerprint density at radius 1 is 1.14 bits per heavy atom. The fourth-order valence-electron chi connectivity index (χ4n) is 1.67. The molecule has 0 radical (unpaired) electrons. The molecule has 0 aromatic heterocycles. The van der Waals surface area contributed by atoms with Crippen LogP contribution in [0.1, 0.15) is 20.3 Å². The molecule has 0 amide bonds. The largest absolute Gasteiger partial charge is 0.393 e. The van der Waals surface area contributed by atoms with Crippen molar-refractivity contribution in [2.75, 3.05) is 0 Å². The first-order chi connectivity index (χ1) is 6.43. The van der Waals surface area contributed by atoms with Crippen LogP contribution in [0.15, 0.2) is 0 Å². The van der Waals surface area contributed by atoms with Gasteiger partial charge in [-0.15, -0.1) is 0 Å². The van der Waals surface area contributed by atoms with Gasteiger partial charge in [-0.05, 0) is 13.8 Å². The van der Waals surface area contributed by atoms with Crippen LogP contribution in [-0.4, -0.2) is 57.0 Å². The molecule has 0 saturated carbocycles. The van der Waals surface area contributed by atoms with Gasteiger partial charge >= 0.3 is 0 Å². The third-order valence-corrected chi connectivity index (χ3v) is 2.52. The highest BCUT2D eigenvalue weighted by molar-refractivity contribution is 4.90. The highest BCUT2D eigenvalue weighted by Crippen LogP contribution is 2.23. The molecule has 0 bridgehead atoms. The van der Waals surface area contributed by atoms with E-state index < -0.39 is 36.6 Å². The number of aliphatic hydroxyl groups excluding tert-OH is 4. The quantitative estimate of drug-likeness (QED) is 0.447. The van der Waals surface area contributed by atoms with Gasteiger partial charge in [0.05, 0.1) is 18.3 Å². The maximum absolute atomic E-state index is 9.53. The average Bonchev–Trinajstić information content (AvgIpc) is 2.10. The van der Waals surface area contributed by atoms with E-state index >= 15 is 0 Å². The summed E-state index contributed by atoms with van der Waals surface area (Å²) in [6.45, 7) is 3.20. The zero-order chi connectivity index (χ0) is 10.9. The average molecular weight is 206 g/mol. The molecule has 0 aromatic carbocycles. The molecule has 5 heteroatoms. The van der Waals surface area contributed by atoms with Crippen LogP contribution in [0.5, 0.6) is 0 Å². The second-order valence-corrected chi connectivity index (χ2v) is 3.94. The molecule has 5 nitrogen and oxygen atoms in total. The fraction of sp³-hybridized carbons (Fsp3) is 1.00. The van der Waals surface area contributed by atoms with Gasteiger partial charge in [-0.1, -0.05) is 0 Å². The topological polar surface area (TPSA) is 90.2 Å². The second kappa shape index (κ2) is 4.55. The van der Waals surface area contributed by atoms with Crippen LogP contribution in [0.3, 0.4) is 0 Å². The van der Waals surface area contributed by atoms with Crippen LogP contribution in [0, 0.1) is 0 Å². The molecule has 1 heterocycles.